The Morgan fingerprint density at radius 3 is 1.76 bits per heavy atom. The predicted octanol–water partition coefficient (Wildman–Crippen LogP) is 7.84. The van der Waals surface area contributed by atoms with Gasteiger partial charge in [0.2, 0.25) is 17.8 Å². The Morgan fingerprint density at radius 1 is 0.630 bits per heavy atom. The summed E-state index contributed by atoms with van der Waals surface area (Å²) in [5, 5.41) is 6.89. The number of hydrogen-bond donors (Lipinski definition) is 3. The van der Waals surface area contributed by atoms with Gasteiger partial charge in [-0.3, -0.25) is 0 Å². The number of aryl methyl sites for hydroxylation is 1. The molecule has 2 heterocycles. The van der Waals surface area contributed by atoms with Crippen LogP contribution in [0.4, 0.5) is 29.2 Å². The van der Waals surface area contributed by atoms with E-state index in [1.54, 1.807) is 32.4 Å². The van der Waals surface area contributed by atoms with Gasteiger partial charge in [0.1, 0.15) is 17.2 Å². The van der Waals surface area contributed by atoms with E-state index in [9.17, 15) is 0 Å². The Balaban J connectivity index is 1.37. The van der Waals surface area contributed by atoms with Crippen molar-refractivity contribution in [1.82, 2.24) is 24.9 Å². The van der Waals surface area contributed by atoms with Gasteiger partial charge in [-0.25, -0.2) is 9.97 Å². The molecule has 6 rings (SSSR count). The van der Waals surface area contributed by atoms with Crippen molar-refractivity contribution in [2.24, 2.45) is 0 Å². The lowest BCUT2D eigenvalue weighted by atomic mass is 10.1. The van der Waals surface area contributed by atoms with Gasteiger partial charge < -0.3 is 30.6 Å². The Hall–Kier alpha value is -5.94. The fourth-order valence-corrected chi connectivity index (χ4v) is 4.66. The first-order valence-electron chi connectivity index (χ1n) is 14.1. The number of benzene rings is 4. The SMILES string of the molecule is COc1ccc(Nc2nc(Nc3ccc(OC)cc3)nc(Oc3ccc(Cl)cc3-c3cc(-c4ccc(C)cc4)nc(N)n3)n2)cc1. The molecular formula is C34H29ClN8O3. The Labute approximate surface area is 270 Å². The molecule has 0 amide bonds. The standard InChI is InChI=1S/C34H29ClN8O3/c1-20-4-6-21(7-5-20)28-19-29(40-31(36)39-28)27-18-22(35)8-17-30(27)46-34-42-32(37-23-9-13-25(44-2)14-10-23)41-33(43-34)38-24-11-15-26(45-3)16-12-24/h4-19H,1-3H3,(H2,36,39,40)(H2,37,38,41,42,43). The molecule has 11 nitrogen and oxygen atoms in total. The molecule has 0 saturated heterocycles. The normalized spacial score (nSPS) is 10.7. The van der Waals surface area contributed by atoms with Crippen LogP contribution in [0.3, 0.4) is 0 Å². The van der Waals surface area contributed by atoms with Crippen LogP contribution in [-0.4, -0.2) is 39.1 Å². The summed E-state index contributed by atoms with van der Waals surface area (Å²) < 4.78 is 16.9. The van der Waals surface area contributed by atoms with E-state index in [-0.39, 0.29) is 23.9 Å². The van der Waals surface area contributed by atoms with E-state index in [4.69, 9.17) is 31.5 Å². The van der Waals surface area contributed by atoms with Gasteiger partial charge in [0, 0.05) is 27.5 Å². The predicted molar refractivity (Wildman–Crippen MR) is 180 cm³/mol. The van der Waals surface area contributed by atoms with Gasteiger partial charge in [-0.2, -0.15) is 15.0 Å². The zero-order valence-electron chi connectivity index (χ0n) is 25.2. The lowest BCUT2D eigenvalue weighted by molar-refractivity contribution is 0.415. The van der Waals surface area contributed by atoms with Crippen molar-refractivity contribution in [3.05, 3.63) is 108 Å². The summed E-state index contributed by atoms with van der Waals surface area (Å²) in [5.41, 5.74) is 11.4. The first kappa shape index (κ1) is 30.1. The second-order valence-electron chi connectivity index (χ2n) is 10.1. The van der Waals surface area contributed by atoms with Crippen LogP contribution in [0.5, 0.6) is 23.3 Å². The third kappa shape index (κ3) is 7.22. The molecule has 0 aliphatic heterocycles. The highest BCUT2D eigenvalue weighted by molar-refractivity contribution is 6.31. The van der Waals surface area contributed by atoms with Crippen LogP contribution < -0.4 is 30.6 Å². The van der Waals surface area contributed by atoms with Crippen molar-refractivity contribution in [1.29, 1.82) is 0 Å². The number of nitrogen functional groups attached to an aromatic ring is 1. The third-order valence-electron chi connectivity index (χ3n) is 6.82. The fraction of sp³-hybridized carbons (Fsp3) is 0.0882. The van der Waals surface area contributed by atoms with Gasteiger partial charge in [0.15, 0.2) is 0 Å². The maximum absolute atomic E-state index is 6.45. The van der Waals surface area contributed by atoms with Crippen molar-refractivity contribution in [2.45, 2.75) is 6.92 Å². The molecule has 12 heteroatoms. The molecule has 4 N–H and O–H groups in total. The number of rotatable bonds is 10. The smallest absolute Gasteiger partial charge is 0.328 e. The average molecular weight is 633 g/mol. The first-order valence-corrected chi connectivity index (χ1v) is 14.5. The summed E-state index contributed by atoms with van der Waals surface area (Å²) in [6.45, 7) is 2.02. The molecule has 0 saturated carbocycles. The van der Waals surface area contributed by atoms with E-state index < -0.39 is 0 Å². The largest absolute Gasteiger partial charge is 0.497 e. The maximum Gasteiger partial charge on any atom is 0.328 e. The summed E-state index contributed by atoms with van der Waals surface area (Å²) in [6.07, 6.45) is 0. The van der Waals surface area contributed by atoms with Gasteiger partial charge in [-0.15, -0.1) is 0 Å². The Kier molecular flexibility index (Phi) is 8.75. The molecule has 230 valence electrons. The number of nitrogens with zero attached hydrogens (tertiary/aromatic N) is 5. The third-order valence-corrected chi connectivity index (χ3v) is 7.05. The summed E-state index contributed by atoms with van der Waals surface area (Å²) in [6, 6.07) is 29.7. The van der Waals surface area contributed by atoms with Crippen molar-refractivity contribution < 1.29 is 14.2 Å². The zero-order valence-corrected chi connectivity index (χ0v) is 25.9. The molecule has 2 aromatic heterocycles. The molecule has 4 aromatic carbocycles. The van der Waals surface area contributed by atoms with Gasteiger partial charge >= 0.3 is 6.01 Å². The molecule has 0 bridgehead atoms. The molecule has 0 unspecified atom stereocenters. The number of nitrogens with two attached hydrogens (primary N) is 1. The quantitative estimate of drug-likeness (QED) is 0.136. The zero-order chi connectivity index (χ0) is 32.0. The van der Waals surface area contributed by atoms with E-state index >= 15 is 0 Å². The number of aromatic nitrogens is 5. The number of ether oxygens (including phenoxy) is 3. The molecule has 0 fully saturated rings. The van der Waals surface area contributed by atoms with E-state index in [1.807, 2.05) is 85.8 Å². The van der Waals surface area contributed by atoms with Crippen LogP contribution in [0, 0.1) is 6.92 Å². The molecule has 0 atom stereocenters. The molecule has 0 aliphatic carbocycles. The highest BCUT2D eigenvalue weighted by Gasteiger charge is 2.16. The van der Waals surface area contributed by atoms with Crippen molar-refractivity contribution >= 4 is 40.8 Å². The molecular weight excluding hydrogens is 604 g/mol. The number of halogens is 1. The number of methoxy groups -OCH3 is 2. The van der Waals surface area contributed by atoms with Crippen molar-refractivity contribution in [3.8, 4) is 45.8 Å². The first-order chi connectivity index (χ1) is 22.3. The monoisotopic (exact) mass is 632 g/mol. The van der Waals surface area contributed by atoms with Crippen LogP contribution in [0.1, 0.15) is 5.56 Å². The molecule has 6 aromatic rings. The summed E-state index contributed by atoms with van der Waals surface area (Å²) in [4.78, 5) is 22.6. The highest BCUT2D eigenvalue weighted by Crippen LogP contribution is 2.36. The molecule has 0 radical (unpaired) electrons. The van der Waals surface area contributed by atoms with Gasteiger partial charge in [-0.1, -0.05) is 41.4 Å². The average Bonchev–Trinajstić information content (AvgIpc) is 3.06. The second-order valence-corrected chi connectivity index (χ2v) is 10.5. The van der Waals surface area contributed by atoms with Gasteiger partial charge in [0.25, 0.3) is 0 Å². The van der Waals surface area contributed by atoms with Gasteiger partial charge in [-0.05, 0) is 79.7 Å². The molecule has 0 spiro atoms. The summed E-state index contributed by atoms with van der Waals surface area (Å²) >= 11 is 6.45. The minimum absolute atomic E-state index is 0.0198. The summed E-state index contributed by atoms with van der Waals surface area (Å²) in [5.74, 6) is 2.44. The minimum atomic E-state index is 0.0198. The Bertz CT molecular complexity index is 1900. The van der Waals surface area contributed by atoms with E-state index in [2.05, 4.69) is 35.6 Å². The molecule has 0 aliphatic rings. The molecule has 46 heavy (non-hydrogen) atoms. The lowest BCUT2D eigenvalue weighted by Crippen LogP contribution is -2.06. The number of nitrogens with one attached hydrogen (secondary N) is 2. The second kappa shape index (κ2) is 13.4. The van der Waals surface area contributed by atoms with Crippen LogP contribution in [0.15, 0.2) is 97.1 Å². The fourth-order valence-electron chi connectivity index (χ4n) is 4.49. The van der Waals surface area contributed by atoms with E-state index in [0.717, 1.165) is 34.0 Å². The van der Waals surface area contributed by atoms with Crippen molar-refractivity contribution in [2.75, 3.05) is 30.6 Å². The Morgan fingerprint density at radius 2 is 1.20 bits per heavy atom. The van der Waals surface area contributed by atoms with Crippen LogP contribution in [-0.2, 0) is 0 Å². The minimum Gasteiger partial charge on any atom is -0.497 e. The van der Waals surface area contributed by atoms with Gasteiger partial charge in [0.05, 0.1) is 25.6 Å². The summed E-state index contributed by atoms with van der Waals surface area (Å²) in [7, 11) is 3.22. The van der Waals surface area contributed by atoms with E-state index in [1.165, 1.54) is 0 Å². The van der Waals surface area contributed by atoms with Crippen molar-refractivity contribution in [3.63, 3.8) is 0 Å². The highest BCUT2D eigenvalue weighted by atomic mass is 35.5. The topological polar surface area (TPSA) is 142 Å². The maximum atomic E-state index is 6.45. The number of anilines is 5. The van der Waals surface area contributed by atoms with Crippen LogP contribution >= 0.6 is 11.6 Å². The van der Waals surface area contributed by atoms with E-state index in [0.29, 0.717) is 27.7 Å². The number of hydrogen-bond acceptors (Lipinski definition) is 11. The van der Waals surface area contributed by atoms with Crippen LogP contribution in [0.25, 0.3) is 22.5 Å². The lowest BCUT2D eigenvalue weighted by Gasteiger charge is -2.14. The van der Waals surface area contributed by atoms with Crippen LogP contribution in [0.2, 0.25) is 5.02 Å².